The van der Waals surface area contributed by atoms with E-state index in [1.165, 1.54) is 0 Å². The molecule has 2 amide bonds. The van der Waals surface area contributed by atoms with Gasteiger partial charge in [-0.15, -0.1) is 0 Å². The standard InChI is InChI=1S/C17H20N2O2/c1-12-8-9-13(2)15(10-12)18-17(21)19-16(11-20)14-6-4-3-5-7-14/h3-10,16,20H,11H2,1-2H3,(H2,18,19,21). The van der Waals surface area contributed by atoms with Crippen LogP contribution in [0.15, 0.2) is 48.5 Å². The Hall–Kier alpha value is -2.33. The Morgan fingerprint density at radius 1 is 1.14 bits per heavy atom. The average molecular weight is 284 g/mol. The van der Waals surface area contributed by atoms with E-state index in [2.05, 4.69) is 10.6 Å². The average Bonchev–Trinajstić information content (AvgIpc) is 2.49. The first-order chi connectivity index (χ1) is 10.1. The summed E-state index contributed by atoms with van der Waals surface area (Å²) in [5, 5.41) is 15.1. The third-order valence-electron chi connectivity index (χ3n) is 3.33. The first-order valence-corrected chi connectivity index (χ1v) is 6.90. The molecule has 1 atom stereocenters. The van der Waals surface area contributed by atoms with Gasteiger partial charge in [-0.05, 0) is 36.6 Å². The second-order valence-corrected chi connectivity index (χ2v) is 5.06. The number of carbonyl (C=O) groups is 1. The minimum absolute atomic E-state index is 0.149. The number of amides is 2. The fraction of sp³-hybridized carbons (Fsp3) is 0.235. The van der Waals surface area contributed by atoms with Crippen LogP contribution in [0, 0.1) is 13.8 Å². The van der Waals surface area contributed by atoms with E-state index in [0.717, 1.165) is 22.4 Å². The quantitative estimate of drug-likeness (QED) is 0.807. The highest BCUT2D eigenvalue weighted by Gasteiger charge is 2.13. The van der Waals surface area contributed by atoms with E-state index >= 15 is 0 Å². The molecule has 0 aliphatic heterocycles. The lowest BCUT2D eigenvalue weighted by Gasteiger charge is -2.18. The summed E-state index contributed by atoms with van der Waals surface area (Å²) in [5.74, 6) is 0. The number of carbonyl (C=O) groups excluding carboxylic acids is 1. The van der Waals surface area contributed by atoms with Crippen LogP contribution < -0.4 is 10.6 Å². The molecule has 0 saturated carbocycles. The second-order valence-electron chi connectivity index (χ2n) is 5.06. The molecular weight excluding hydrogens is 264 g/mol. The Balaban J connectivity index is 2.05. The van der Waals surface area contributed by atoms with Crippen LogP contribution in [0.4, 0.5) is 10.5 Å². The fourth-order valence-corrected chi connectivity index (χ4v) is 2.11. The van der Waals surface area contributed by atoms with Crippen LogP contribution in [0.2, 0.25) is 0 Å². The summed E-state index contributed by atoms with van der Waals surface area (Å²) in [4.78, 5) is 12.1. The number of benzene rings is 2. The van der Waals surface area contributed by atoms with E-state index in [1.807, 2.05) is 62.4 Å². The molecule has 0 fully saturated rings. The molecule has 0 radical (unpaired) electrons. The molecule has 4 nitrogen and oxygen atoms in total. The van der Waals surface area contributed by atoms with Crippen molar-refractivity contribution in [2.75, 3.05) is 11.9 Å². The minimum atomic E-state index is -0.420. The molecule has 2 rings (SSSR count). The van der Waals surface area contributed by atoms with Crippen molar-refractivity contribution < 1.29 is 9.90 Å². The van der Waals surface area contributed by atoms with E-state index in [9.17, 15) is 9.90 Å². The van der Waals surface area contributed by atoms with Gasteiger partial charge in [0, 0.05) is 5.69 Å². The molecule has 110 valence electrons. The zero-order valence-corrected chi connectivity index (χ0v) is 12.3. The molecule has 2 aromatic carbocycles. The van der Waals surface area contributed by atoms with Gasteiger partial charge >= 0.3 is 6.03 Å². The number of aliphatic hydroxyl groups is 1. The van der Waals surface area contributed by atoms with E-state index in [0.29, 0.717) is 0 Å². The Labute approximate surface area is 124 Å². The molecular formula is C17H20N2O2. The number of hydrogen-bond donors (Lipinski definition) is 3. The van der Waals surface area contributed by atoms with Gasteiger partial charge in [0.05, 0.1) is 12.6 Å². The van der Waals surface area contributed by atoms with Crippen molar-refractivity contribution in [2.24, 2.45) is 0 Å². The van der Waals surface area contributed by atoms with Crippen LogP contribution in [0.1, 0.15) is 22.7 Å². The van der Waals surface area contributed by atoms with E-state index in [1.54, 1.807) is 0 Å². The SMILES string of the molecule is Cc1ccc(C)c(NC(=O)NC(CO)c2ccccc2)c1. The van der Waals surface area contributed by atoms with Crippen LogP contribution in [0.3, 0.4) is 0 Å². The van der Waals surface area contributed by atoms with Gasteiger partial charge in [-0.1, -0.05) is 42.5 Å². The Bertz CT molecular complexity index is 611. The third-order valence-corrected chi connectivity index (χ3v) is 3.33. The van der Waals surface area contributed by atoms with Crippen molar-refractivity contribution in [2.45, 2.75) is 19.9 Å². The van der Waals surface area contributed by atoms with Crippen molar-refractivity contribution in [3.8, 4) is 0 Å². The molecule has 0 aliphatic carbocycles. The van der Waals surface area contributed by atoms with Crippen LogP contribution in [0.5, 0.6) is 0 Å². The maximum Gasteiger partial charge on any atom is 0.319 e. The zero-order chi connectivity index (χ0) is 15.2. The summed E-state index contributed by atoms with van der Waals surface area (Å²) in [5.41, 5.74) is 3.72. The normalized spacial score (nSPS) is 11.8. The Morgan fingerprint density at radius 3 is 2.52 bits per heavy atom. The molecule has 0 bridgehead atoms. The van der Waals surface area contributed by atoms with Crippen molar-refractivity contribution in [3.05, 3.63) is 65.2 Å². The van der Waals surface area contributed by atoms with Gasteiger partial charge in [0.15, 0.2) is 0 Å². The highest BCUT2D eigenvalue weighted by molar-refractivity contribution is 5.90. The number of aryl methyl sites for hydroxylation is 2. The van der Waals surface area contributed by atoms with Crippen LogP contribution in [-0.2, 0) is 0 Å². The topological polar surface area (TPSA) is 61.4 Å². The Kier molecular flexibility index (Phi) is 4.95. The van der Waals surface area contributed by atoms with Gasteiger partial charge < -0.3 is 15.7 Å². The number of urea groups is 1. The molecule has 1 unspecified atom stereocenters. The number of rotatable bonds is 4. The van der Waals surface area contributed by atoms with E-state index < -0.39 is 6.04 Å². The summed E-state index contributed by atoms with van der Waals surface area (Å²) in [6.45, 7) is 3.77. The number of hydrogen-bond acceptors (Lipinski definition) is 2. The summed E-state index contributed by atoms with van der Waals surface area (Å²) < 4.78 is 0. The first-order valence-electron chi connectivity index (χ1n) is 6.90. The summed E-state index contributed by atoms with van der Waals surface area (Å²) in [7, 11) is 0. The molecule has 2 aromatic rings. The highest BCUT2D eigenvalue weighted by Crippen LogP contribution is 2.17. The van der Waals surface area contributed by atoms with Crippen molar-refractivity contribution in [3.63, 3.8) is 0 Å². The lowest BCUT2D eigenvalue weighted by atomic mass is 10.1. The molecule has 0 spiro atoms. The lowest BCUT2D eigenvalue weighted by Crippen LogP contribution is -2.34. The van der Waals surface area contributed by atoms with Crippen molar-refractivity contribution in [1.29, 1.82) is 0 Å². The van der Waals surface area contributed by atoms with E-state index in [4.69, 9.17) is 0 Å². The molecule has 0 aromatic heterocycles. The smallest absolute Gasteiger partial charge is 0.319 e. The molecule has 0 saturated heterocycles. The zero-order valence-electron chi connectivity index (χ0n) is 12.3. The maximum atomic E-state index is 12.1. The highest BCUT2D eigenvalue weighted by atomic mass is 16.3. The molecule has 3 N–H and O–H groups in total. The maximum absolute atomic E-state index is 12.1. The molecule has 0 aliphatic rings. The van der Waals surface area contributed by atoms with Gasteiger partial charge in [-0.3, -0.25) is 0 Å². The lowest BCUT2D eigenvalue weighted by molar-refractivity contribution is 0.225. The largest absolute Gasteiger partial charge is 0.394 e. The molecule has 21 heavy (non-hydrogen) atoms. The first kappa shape index (κ1) is 15.1. The number of anilines is 1. The van der Waals surface area contributed by atoms with Gasteiger partial charge in [0.1, 0.15) is 0 Å². The third kappa shape index (κ3) is 4.07. The predicted octanol–water partition coefficient (Wildman–Crippen LogP) is 3.16. The van der Waals surface area contributed by atoms with E-state index in [-0.39, 0.29) is 12.6 Å². The van der Waals surface area contributed by atoms with Crippen LogP contribution >= 0.6 is 0 Å². The van der Waals surface area contributed by atoms with Crippen molar-refractivity contribution >= 4 is 11.7 Å². The number of aliphatic hydroxyl groups excluding tert-OH is 1. The molecule has 0 heterocycles. The second kappa shape index (κ2) is 6.90. The summed E-state index contributed by atoms with van der Waals surface area (Å²) in [6, 6.07) is 14.5. The number of nitrogens with one attached hydrogen (secondary N) is 2. The van der Waals surface area contributed by atoms with Gasteiger partial charge in [-0.2, -0.15) is 0 Å². The van der Waals surface area contributed by atoms with Crippen LogP contribution in [0.25, 0.3) is 0 Å². The van der Waals surface area contributed by atoms with Gasteiger partial charge in [0.25, 0.3) is 0 Å². The monoisotopic (exact) mass is 284 g/mol. The molecule has 4 heteroatoms. The predicted molar refractivity (Wildman–Crippen MR) is 84.3 cm³/mol. The van der Waals surface area contributed by atoms with Gasteiger partial charge in [-0.25, -0.2) is 4.79 Å². The fourth-order valence-electron chi connectivity index (χ4n) is 2.11. The van der Waals surface area contributed by atoms with Gasteiger partial charge in [0.2, 0.25) is 0 Å². The van der Waals surface area contributed by atoms with Crippen molar-refractivity contribution in [1.82, 2.24) is 5.32 Å². The minimum Gasteiger partial charge on any atom is -0.394 e. The summed E-state index contributed by atoms with van der Waals surface area (Å²) in [6.07, 6.45) is 0. The summed E-state index contributed by atoms with van der Waals surface area (Å²) >= 11 is 0. The van der Waals surface area contributed by atoms with Crippen LogP contribution in [-0.4, -0.2) is 17.7 Å². The Morgan fingerprint density at radius 2 is 1.86 bits per heavy atom.